The van der Waals surface area contributed by atoms with Gasteiger partial charge in [0.25, 0.3) is 5.91 Å². The largest absolute Gasteiger partial charge is 0.462 e. The molecule has 0 spiro atoms. The molecule has 6 heteroatoms. The molecule has 0 fully saturated rings. The Kier molecular flexibility index (Phi) is 8.17. The Morgan fingerprint density at radius 3 is 2.10 bits per heavy atom. The topological polar surface area (TPSA) is 81.7 Å². The van der Waals surface area contributed by atoms with Crippen LogP contribution in [0.1, 0.15) is 41.5 Å². The minimum atomic E-state index is -1.37. The number of hydrogen-bond acceptors (Lipinski definition) is 5. The molecule has 0 radical (unpaired) electrons. The molecule has 0 aromatic carbocycles. The molecule has 21 heavy (non-hydrogen) atoms. The van der Waals surface area contributed by atoms with Crippen molar-refractivity contribution in [1.82, 2.24) is 5.32 Å². The number of rotatable bonds is 9. The monoisotopic (exact) mass is 301 g/mol. The summed E-state index contributed by atoms with van der Waals surface area (Å²) in [5.74, 6) is -1.40. The van der Waals surface area contributed by atoms with Gasteiger partial charge >= 0.3 is 5.97 Å². The molecule has 1 atom stereocenters. The van der Waals surface area contributed by atoms with Crippen molar-refractivity contribution < 1.29 is 23.9 Å². The van der Waals surface area contributed by atoms with Gasteiger partial charge in [-0.15, -0.1) is 0 Å². The summed E-state index contributed by atoms with van der Waals surface area (Å²) in [5, 5.41) is 2.63. The van der Waals surface area contributed by atoms with Crippen molar-refractivity contribution >= 4 is 17.7 Å². The summed E-state index contributed by atoms with van der Waals surface area (Å²) in [6.45, 7) is 10.2. The number of nitrogens with one attached hydrogen (secondary N) is 1. The molecule has 0 aliphatic rings. The van der Waals surface area contributed by atoms with Crippen molar-refractivity contribution in [3.63, 3.8) is 0 Å². The van der Waals surface area contributed by atoms with E-state index in [2.05, 4.69) is 5.32 Å². The molecular formula is C15H27NO5. The fraction of sp³-hybridized carbons (Fsp3) is 0.800. The molecule has 0 aromatic heterocycles. The highest BCUT2D eigenvalue weighted by Crippen LogP contribution is 2.14. The molecule has 0 saturated carbocycles. The Labute approximate surface area is 126 Å². The van der Waals surface area contributed by atoms with Crippen LogP contribution in [0.4, 0.5) is 0 Å². The van der Waals surface area contributed by atoms with E-state index in [9.17, 15) is 14.4 Å². The number of Topliss-reactive ketones (excluding diaryl/α,β-unsaturated/α-hetero) is 1. The third-order valence-corrected chi connectivity index (χ3v) is 2.96. The summed E-state index contributed by atoms with van der Waals surface area (Å²) >= 11 is 0. The Bertz CT molecular complexity index is 352. The number of carbonyl (C=O) groups excluding carboxylic acids is 3. The first-order valence-electron chi connectivity index (χ1n) is 7.25. The van der Waals surface area contributed by atoms with E-state index in [1.807, 2.05) is 0 Å². The molecule has 122 valence electrons. The van der Waals surface area contributed by atoms with Gasteiger partial charge in [-0.25, -0.2) is 0 Å². The number of likely N-dealkylation sites (N-methyl/N-ethyl adjacent to an activating group) is 1. The number of ketones is 1. The Morgan fingerprint density at radius 2 is 1.67 bits per heavy atom. The predicted molar refractivity (Wildman–Crippen MR) is 78.7 cm³/mol. The maximum atomic E-state index is 12.1. The summed E-state index contributed by atoms with van der Waals surface area (Å²) in [7, 11) is 0. The summed E-state index contributed by atoms with van der Waals surface area (Å²) in [6, 6.07) is 0. The minimum absolute atomic E-state index is 0.110. The van der Waals surface area contributed by atoms with Crippen LogP contribution in [0.3, 0.4) is 0 Å². The molecule has 0 saturated heterocycles. The lowest BCUT2D eigenvalue weighted by Gasteiger charge is -2.28. The first-order chi connectivity index (χ1) is 9.64. The van der Waals surface area contributed by atoms with Crippen molar-refractivity contribution in [2.24, 2.45) is 11.8 Å². The van der Waals surface area contributed by atoms with Gasteiger partial charge in [-0.2, -0.15) is 0 Å². The molecule has 1 unspecified atom stereocenters. The van der Waals surface area contributed by atoms with Crippen molar-refractivity contribution in [2.75, 3.05) is 19.8 Å². The predicted octanol–water partition coefficient (Wildman–Crippen LogP) is 1.32. The van der Waals surface area contributed by atoms with Crippen LogP contribution < -0.4 is 5.32 Å². The van der Waals surface area contributed by atoms with Crippen LogP contribution in [0, 0.1) is 11.8 Å². The average molecular weight is 301 g/mol. The second-order valence-corrected chi connectivity index (χ2v) is 5.76. The average Bonchev–Trinajstić information content (AvgIpc) is 2.41. The molecule has 0 aliphatic heterocycles. The molecule has 0 aromatic rings. The highest BCUT2D eigenvalue weighted by atomic mass is 16.6. The highest BCUT2D eigenvalue weighted by Gasteiger charge is 2.36. The van der Waals surface area contributed by atoms with Crippen LogP contribution in [0.5, 0.6) is 0 Å². The van der Waals surface area contributed by atoms with Crippen LogP contribution in [0.15, 0.2) is 0 Å². The number of ether oxygens (including phenoxy) is 2. The second-order valence-electron chi connectivity index (χ2n) is 5.76. The Morgan fingerprint density at radius 1 is 1.10 bits per heavy atom. The van der Waals surface area contributed by atoms with Crippen molar-refractivity contribution in [1.29, 1.82) is 0 Å². The normalized spacial score (nSPS) is 13.9. The van der Waals surface area contributed by atoms with Crippen LogP contribution in [-0.4, -0.2) is 43.0 Å². The number of amides is 1. The quantitative estimate of drug-likeness (QED) is 0.650. The fourth-order valence-electron chi connectivity index (χ4n) is 1.29. The third kappa shape index (κ3) is 6.71. The molecular weight excluding hydrogens is 274 g/mol. The lowest BCUT2D eigenvalue weighted by atomic mass is 10.1. The van der Waals surface area contributed by atoms with Crippen LogP contribution in [0.25, 0.3) is 0 Å². The lowest BCUT2D eigenvalue weighted by molar-refractivity contribution is -0.167. The summed E-state index contributed by atoms with van der Waals surface area (Å²) < 4.78 is 10.6. The van der Waals surface area contributed by atoms with Crippen LogP contribution in [-0.2, 0) is 23.9 Å². The smallest absolute Gasteiger partial charge is 0.308 e. The van der Waals surface area contributed by atoms with E-state index in [1.54, 1.807) is 34.6 Å². The SMILES string of the molecule is CCNC(=O)C(C)(COC(=O)C(C)C)OCC(=O)C(C)C. The molecule has 6 nitrogen and oxygen atoms in total. The van der Waals surface area contributed by atoms with Gasteiger partial charge in [0.05, 0.1) is 5.92 Å². The zero-order chi connectivity index (χ0) is 16.6. The number of carbonyl (C=O) groups is 3. The molecule has 0 aliphatic carbocycles. The molecule has 1 N–H and O–H groups in total. The molecule has 0 bridgehead atoms. The number of esters is 1. The second kappa shape index (κ2) is 8.77. The van der Waals surface area contributed by atoms with Crippen molar-refractivity contribution in [3.8, 4) is 0 Å². The minimum Gasteiger partial charge on any atom is -0.462 e. The summed E-state index contributed by atoms with van der Waals surface area (Å²) in [4.78, 5) is 35.3. The maximum absolute atomic E-state index is 12.1. The fourth-order valence-corrected chi connectivity index (χ4v) is 1.29. The zero-order valence-corrected chi connectivity index (χ0v) is 13.8. The van der Waals surface area contributed by atoms with E-state index in [4.69, 9.17) is 9.47 Å². The van der Waals surface area contributed by atoms with Gasteiger partial charge in [0.1, 0.15) is 13.2 Å². The van der Waals surface area contributed by atoms with Gasteiger partial charge in [-0.1, -0.05) is 27.7 Å². The first kappa shape index (κ1) is 19.6. The van der Waals surface area contributed by atoms with Crippen molar-refractivity contribution in [3.05, 3.63) is 0 Å². The van der Waals surface area contributed by atoms with E-state index < -0.39 is 17.5 Å². The van der Waals surface area contributed by atoms with Gasteiger partial charge in [-0.05, 0) is 13.8 Å². The van der Waals surface area contributed by atoms with E-state index in [0.717, 1.165) is 0 Å². The van der Waals surface area contributed by atoms with Gasteiger partial charge in [-0.3, -0.25) is 14.4 Å². The summed E-state index contributed by atoms with van der Waals surface area (Å²) in [5.41, 5.74) is -1.37. The van der Waals surface area contributed by atoms with Gasteiger partial charge in [0, 0.05) is 12.5 Å². The maximum Gasteiger partial charge on any atom is 0.308 e. The van der Waals surface area contributed by atoms with Gasteiger partial charge in [0.15, 0.2) is 11.4 Å². The lowest BCUT2D eigenvalue weighted by Crippen LogP contribution is -2.51. The van der Waals surface area contributed by atoms with Crippen LogP contribution in [0.2, 0.25) is 0 Å². The standard InChI is InChI=1S/C15H27NO5/c1-7-16-14(19)15(6,9-20-13(18)11(4)5)21-8-12(17)10(2)3/h10-11H,7-9H2,1-6H3,(H,16,19). The highest BCUT2D eigenvalue weighted by molar-refractivity contribution is 5.86. The van der Waals surface area contributed by atoms with E-state index in [0.29, 0.717) is 6.54 Å². The number of hydrogen-bond donors (Lipinski definition) is 1. The van der Waals surface area contributed by atoms with E-state index >= 15 is 0 Å². The Balaban J connectivity index is 4.80. The molecule has 0 rings (SSSR count). The van der Waals surface area contributed by atoms with Gasteiger partial charge in [0.2, 0.25) is 0 Å². The van der Waals surface area contributed by atoms with Crippen molar-refractivity contribution in [2.45, 2.75) is 47.1 Å². The van der Waals surface area contributed by atoms with Crippen LogP contribution >= 0.6 is 0 Å². The third-order valence-electron chi connectivity index (χ3n) is 2.96. The Hall–Kier alpha value is -1.43. The van der Waals surface area contributed by atoms with E-state index in [1.165, 1.54) is 6.92 Å². The zero-order valence-electron chi connectivity index (χ0n) is 13.8. The van der Waals surface area contributed by atoms with E-state index in [-0.39, 0.29) is 30.8 Å². The molecule has 0 heterocycles. The van der Waals surface area contributed by atoms with Gasteiger partial charge < -0.3 is 14.8 Å². The summed E-state index contributed by atoms with van der Waals surface area (Å²) in [6.07, 6.45) is 0. The first-order valence-corrected chi connectivity index (χ1v) is 7.25. The molecule has 1 amide bonds.